The first-order chi connectivity index (χ1) is 14.4. The van der Waals surface area contributed by atoms with E-state index in [0.717, 1.165) is 68.2 Å². The quantitative estimate of drug-likeness (QED) is 0.574. The van der Waals surface area contributed by atoms with Crippen LogP contribution in [0, 0.1) is 11.3 Å². The van der Waals surface area contributed by atoms with Gasteiger partial charge in [0.2, 0.25) is 0 Å². The fraction of sp³-hybridized carbons (Fsp3) is 0.522. The van der Waals surface area contributed by atoms with Crippen LogP contribution in [0.1, 0.15) is 42.6 Å². The van der Waals surface area contributed by atoms with Crippen molar-refractivity contribution in [3.05, 3.63) is 46.7 Å². The van der Waals surface area contributed by atoms with Crippen molar-refractivity contribution in [3.63, 3.8) is 0 Å². The molecule has 1 saturated heterocycles. The number of nitrogens with zero attached hydrogens (tertiary/aromatic N) is 2. The molecule has 2 atom stereocenters. The first-order valence-corrected chi connectivity index (χ1v) is 10.6. The lowest BCUT2D eigenvalue weighted by Crippen LogP contribution is -2.43. The van der Waals surface area contributed by atoms with Crippen LogP contribution >= 0.6 is 0 Å². The SMILES string of the molecule is CC1=NC2=C(C(=O)C(CN3CCOCC3)CC2)C1(C)Cc1ccc(C(=O)NO)cc1. The Morgan fingerprint density at radius 2 is 2.00 bits per heavy atom. The average Bonchev–Trinajstić information content (AvgIpc) is 3.01. The summed E-state index contributed by atoms with van der Waals surface area (Å²) < 4.78 is 5.44. The molecule has 0 bridgehead atoms. The number of allylic oxidation sites excluding steroid dienone is 2. The van der Waals surface area contributed by atoms with Gasteiger partial charge in [-0.2, -0.15) is 0 Å². The highest BCUT2D eigenvalue weighted by atomic mass is 16.5. The van der Waals surface area contributed by atoms with Crippen molar-refractivity contribution < 1.29 is 19.5 Å². The van der Waals surface area contributed by atoms with E-state index in [-0.39, 0.29) is 11.7 Å². The number of ether oxygens (including phenoxy) is 1. The van der Waals surface area contributed by atoms with Gasteiger partial charge in [-0.05, 0) is 50.8 Å². The topological polar surface area (TPSA) is 91.2 Å². The molecule has 160 valence electrons. The second kappa shape index (κ2) is 8.41. The fourth-order valence-electron chi connectivity index (χ4n) is 4.85. The van der Waals surface area contributed by atoms with Crippen LogP contribution in [-0.2, 0) is 16.0 Å². The summed E-state index contributed by atoms with van der Waals surface area (Å²) in [4.78, 5) is 32.2. The van der Waals surface area contributed by atoms with Crippen LogP contribution in [0.5, 0.6) is 0 Å². The number of Topliss-reactive ketones (excluding diaryl/α,β-unsaturated/α-hetero) is 1. The summed E-state index contributed by atoms with van der Waals surface area (Å²) in [5.74, 6) is -0.287. The molecule has 0 saturated carbocycles. The third kappa shape index (κ3) is 3.85. The zero-order valence-electron chi connectivity index (χ0n) is 17.6. The summed E-state index contributed by atoms with van der Waals surface area (Å²) in [6, 6.07) is 7.12. The van der Waals surface area contributed by atoms with Crippen molar-refractivity contribution in [2.24, 2.45) is 16.3 Å². The molecule has 2 heterocycles. The molecule has 0 aromatic heterocycles. The number of aliphatic imine (C=N–C) groups is 1. The second-order valence-corrected chi connectivity index (χ2v) is 8.68. The Morgan fingerprint density at radius 1 is 1.30 bits per heavy atom. The summed E-state index contributed by atoms with van der Waals surface area (Å²) in [5.41, 5.74) is 5.44. The van der Waals surface area contributed by atoms with Crippen molar-refractivity contribution in [3.8, 4) is 0 Å². The Hall–Kier alpha value is -2.35. The largest absolute Gasteiger partial charge is 0.379 e. The van der Waals surface area contributed by atoms with Gasteiger partial charge < -0.3 is 4.74 Å². The molecule has 2 unspecified atom stereocenters. The number of carbonyl (C=O) groups excluding carboxylic acids is 2. The van der Waals surface area contributed by atoms with Crippen LogP contribution in [0.2, 0.25) is 0 Å². The normalized spacial score (nSPS) is 27.1. The first-order valence-electron chi connectivity index (χ1n) is 10.6. The lowest BCUT2D eigenvalue weighted by Gasteiger charge is -2.35. The van der Waals surface area contributed by atoms with Crippen LogP contribution in [-0.4, -0.2) is 60.4 Å². The van der Waals surface area contributed by atoms with Crippen molar-refractivity contribution in [1.82, 2.24) is 10.4 Å². The van der Waals surface area contributed by atoms with Gasteiger partial charge in [0.25, 0.3) is 5.91 Å². The molecule has 3 aliphatic rings. The van der Waals surface area contributed by atoms with E-state index in [9.17, 15) is 9.59 Å². The monoisotopic (exact) mass is 411 g/mol. The highest BCUT2D eigenvalue weighted by Crippen LogP contribution is 2.46. The molecular weight excluding hydrogens is 382 g/mol. The lowest BCUT2D eigenvalue weighted by atomic mass is 9.68. The number of amides is 1. The highest BCUT2D eigenvalue weighted by molar-refractivity contribution is 6.10. The molecule has 4 rings (SSSR count). The van der Waals surface area contributed by atoms with Gasteiger partial charge >= 0.3 is 0 Å². The maximum absolute atomic E-state index is 13.5. The van der Waals surface area contributed by atoms with E-state index in [1.165, 1.54) is 0 Å². The van der Waals surface area contributed by atoms with Crippen molar-refractivity contribution in [2.45, 2.75) is 33.1 Å². The van der Waals surface area contributed by atoms with E-state index >= 15 is 0 Å². The van der Waals surface area contributed by atoms with E-state index in [1.807, 2.05) is 19.1 Å². The Morgan fingerprint density at radius 3 is 2.67 bits per heavy atom. The third-order valence-corrected chi connectivity index (χ3v) is 6.75. The molecule has 0 radical (unpaired) electrons. The molecule has 1 amide bonds. The van der Waals surface area contributed by atoms with Gasteiger partial charge in [-0.25, -0.2) is 5.48 Å². The van der Waals surface area contributed by atoms with Gasteiger partial charge in [0.05, 0.1) is 13.2 Å². The van der Waals surface area contributed by atoms with Crippen LogP contribution < -0.4 is 5.48 Å². The number of benzene rings is 1. The van der Waals surface area contributed by atoms with Crippen molar-refractivity contribution in [1.29, 1.82) is 0 Å². The van der Waals surface area contributed by atoms with E-state index in [1.54, 1.807) is 17.6 Å². The number of hydroxylamine groups is 1. The summed E-state index contributed by atoms with van der Waals surface area (Å²) in [5, 5.41) is 8.79. The smallest absolute Gasteiger partial charge is 0.274 e. The van der Waals surface area contributed by atoms with Crippen LogP contribution in [0.25, 0.3) is 0 Å². The number of ketones is 1. The maximum atomic E-state index is 13.5. The predicted octanol–water partition coefficient (Wildman–Crippen LogP) is 2.39. The van der Waals surface area contributed by atoms with Crippen LogP contribution in [0.4, 0.5) is 0 Å². The molecule has 1 fully saturated rings. The summed E-state index contributed by atoms with van der Waals surface area (Å²) in [7, 11) is 0. The minimum absolute atomic E-state index is 0.0119. The molecule has 0 spiro atoms. The number of rotatable bonds is 5. The Balaban J connectivity index is 1.53. The molecule has 2 aliphatic heterocycles. The van der Waals surface area contributed by atoms with Gasteiger partial charge in [-0.1, -0.05) is 12.1 Å². The zero-order chi connectivity index (χ0) is 21.3. The van der Waals surface area contributed by atoms with Crippen LogP contribution in [0.15, 0.2) is 40.5 Å². The second-order valence-electron chi connectivity index (χ2n) is 8.68. The van der Waals surface area contributed by atoms with Gasteiger partial charge in [-0.3, -0.25) is 24.7 Å². The van der Waals surface area contributed by atoms with E-state index < -0.39 is 11.3 Å². The molecule has 7 heteroatoms. The molecule has 7 nitrogen and oxygen atoms in total. The fourth-order valence-corrected chi connectivity index (χ4v) is 4.85. The summed E-state index contributed by atoms with van der Waals surface area (Å²) in [6.07, 6.45) is 2.35. The first kappa shape index (κ1) is 20.9. The number of carbonyl (C=O) groups is 2. The minimum atomic E-state index is -0.537. The van der Waals surface area contributed by atoms with E-state index in [4.69, 9.17) is 14.9 Å². The van der Waals surface area contributed by atoms with Gasteiger partial charge in [0, 0.05) is 53.5 Å². The number of nitrogens with one attached hydrogen (secondary N) is 1. The molecule has 1 aromatic rings. The summed E-state index contributed by atoms with van der Waals surface area (Å²) >= 11 is 0. The molecular formula is C23H29N3O4. The Kier molecular flexibility index (Phi) is 5.86. The average molecular weight is 412 g/mol. The number of morpholine rings is 1. The van der Waals surface area contributed by atoms with Gasteiger partial charge in [-0.15, -0.1) is 0 Å². The van der Waals surface area contributed by atoms with Gasteiger partial charge in [0.1, 0.15) is 0 Å². The lowest BCUT2D eigenvalue weighted by molar-refractivity contribution is -0.121. The molecule has 1 aliphatic carbocycles. The number of hydrogen-bond acceptors (Lipinski definition) is 6. The maximum Gasteiger partial charge on any atom is 0.274 e. The molecule has 1 aromatic carbocycles. The third-order valence-electron chi connectivity index (χ3n) is 6.75. The zero-order valence-corrected chi connectivity index (χ0v) is 17.6. The van der Waals surface area contributed by atoms with Crippen molar-refractivity contribution in [2.75, 3.05) is 32.8 Å². The summed E-state index contributed by atoms with van der Waals surface area (Å²) in [6.45, 7) is 8.15. The molecule has 2 N–H and O–H groups in total. The highest BCUT2D eigenvalue weighted by Gasteiger charge is 2.46. The van der Waals surface area contributed by atoms with Crippen LogP contribution in [0.3, 0.4) is 0 Å². The Labute approximate surface area is 176 Å². The van der Waals surface area contributed by atoms with E-state index in [2.05, 4.69) is 11.8 Å². The predicted molar refractivity (Wildman–Crippen MR) is 113 cm³/mol. The minimum Gasteiger partial charge on any atom is -0.379 e. The number of hydrogen-bond donors (Lipinski definition) is 2. The van der Waals surface area contributed by atoms with E-state index in [0.29, 0.717) is 12.0 Å². The van der Waals surface area contributed by atoms with Crippen molar-refractivity contribution >= 4 is 17.4 Å². The Bertz CT molecular complexity index is 900. The molecule has 30 heavy (non-hydrogen) atoms. The standard InChI is InChI=1S/C23H29N3O4/c1-15-23(2,13-16-3-5-17(6-4-16)22(28)25-29)20-19(24-15)8-7-18(21(20)27)14-26-9-11-30-12-10-26/h3-6,18,29H,7-14H2,1-2H3,(H,25,28). The van der Waals surface area contributed by atoms with Gasteiger partial charge in [0.15, 0.2) is 5.78 Å².